The van der Waals surface area contributed by atoms with Gasteiger partial charge in [0.2, 0.25) is 0 Å². The minimum Gasteiger partial charge on any atom is -0.321 e. The molecule has 0 saturated heterocycles. The summed E-state index contributed by atoms with van der Waals surface area (Å²) in [5, 5.41) is 17.0. The zero-order chi connectivity index (χ0) is 10.5. The van der Waals surface area contributed by atoms with Crippen molar-refractivity contribution in [3.63, 3.8) is 0 Å². The number of aryl methyl sites for hydroxylation is 1. The Bertz CT molecular complexity index is 395. The third-order valence-electron chi connectivity index (χ3n) is 2.04. The van der Waals surface area contributed by atoms with E-state index in [1.54, 1.807) is 6.33 Å². The van der Waals surface area contributed by atoms with Crippen molar-refractivity contribution in [3.8, 4) is 0 Å². The van der Waals surface area contributed by atoms with Gasteiger partial charge in [0.05, 0.1) is 5.69 Å². The quantitative estimate of drug-likeness (QED) is 0.724. The second-order valence-electron chi connectivity index (χ2n) is 3.18. The second-order valence-corrected chi connectivity index (χ2v) is 3.79. The summed E-state index contributed by atoms with van der Waals surface area (Å²) in [5.74, 6) is 0.985. The van der Waals surface area contributed by atoms with Gasteiger partial charge in [-0.2, -0.15) is 0 Å². The molecule has 15 heavy (non-hydrogen) atoms. The van der Waals surface area contributed by atoms with Gasteiger partial charge in [0.25, 0.3) is 0 Å². The van der Waals surface area contributed by atoms with Gasteiger partial charge in [0.15, 0.2) is 0 Å². The van der Waals surface area contributed by atoms with Crippen LogP contribution in [0.2, 0.25) is 0 Å². The highest BCUT2D eigenvalue weighted by Gasteiger charge is 2.00. The summed E-state index contributed by atoms with van der Waals surface area (Å²) in [6.07, 6.45) is 2.58. The van der Waals surface area contributed by atoms with E-state index in [0.29, 0.717) is 0 Å². The van der Waals surface area contributed by atoms with Crippen molar-refractivity contribution in [1.29, 1.82) is 0 Å². The maximum atomic E-state index is 4.00. The van der Waals surface area contributed by atoms with Crippen LogP contribution >= 0.6 is 11.5 Å². The predicted octanol–water partition coefficient (Wildman–Crippen LogP) is -0.00110. The van der Waals surface area contributed by atoms with E-state index in [9.17, 15) is 0 Å². The smallest absolute Gasteiger partial charge is 0.133 e. The van der Waals surface area contributed by atoms with Crippen molar-refractivity contribution in [2.24, 2.45) is 7.05 Å². The molecule has 0 aromatic carbocycles. The summed E-state index contributed by atoms with van der Waals surface area (Å²) < 4.78 is 5.71. The number of nitrogens with zero attached hydrogens (tertiary/aromatic N) is 5. The monoisotopic (exact) mass is 224 g/mol. The van der Waals surface area contributed by atoms with Crippen molar-refractivity contribution in [2.45, 2.75) is 13.0 Å². The Balaban J connectivity index is 1.70. The fourth-order valence-electron chi connectivity index (χ4n) is 1.21. The first kappa shape index (κ1) is 10.2. The molecule has 0 bridgehead atoms. The fraction of sp³-hybridized carbons (Fsp3) is 0.500. The molecule has 2 heterocycles. The SMILES string of the molecule is Cn1cnnc1CCNCc1csnn1. The molecule has 0 radical (unpaired) electrons. The van der Waals surface area contributed by atoms with Crippen LogP contribution in [-0.2, 0) is 20.0 Å². The summed E-state index contributed by atoms with van der Waals surface area (Å²) in [6, 6.07) is 0. The molecule has 0 aliphatic rings. The lowest BCUT2D eigenvalue weighted by Crippen LogP contribution is -2.18. The third kappa shape index (κ3) is 2.80. The number of rotatable bonds is 5. The largest absolute Gasteiger partial charge is 0.321 e. The highest BCUT2D eigenvalue weighted by molar-refractivity contribution is 7.03. The van der Waals surface area contributed by atoms with Crippen LogP contribution in [0.4, 0.5) is 0 Å². The molecule has 0 aliphatic carbocycles. The normalized spacial score (nSPS) is 10.7. The van der Waals surface area contributed by atoms with Gasteiger partial charge in [-0.05, 0) is 11.5 Å². The van der Waals surface area contributed by atoms with Crippen molar-refractivity contribution < 1.29 is 0 Å². The van der Waals surface area contributed by atoms with E-state index in [0.717, 1.165) is 31.0 Å². The van der Waals surface area contributed by atoms with Crippen LogP contribution in [0.3, 0.4) is 0 Å². The van der Waals surface area contributed by atoms with E-state index in [4.69, 9.17) is 0 Å². The predicted molar refractivity (Wildman–Crippen MR) is 56.3 cm³/mol. The van der Waals surface area contributed by atoms with Gasteiger partial charge in [0, 0.05) is 31.9 Å². The number of nitrogens with one attached hydrogen (secondary N) is 1. The molecule has 1 N–H and O–H groups in total. The summed E-state index contributed by atoms with van der Waals surface area (Å²) in [5.41, 5.74) is 0.984. The minimum atomic E-state index is 0.758. The van der Waals surface area contributed by atoms with Gasteiger partial charge >= 0.3 is 0 Å². The van der Waals surface area contributed by atoms with Gasteiger partial charge in [-0.15, -0.1) is 15.3 Å². The van der Waals surface area contributed by atoms with Crippen molar-refractivity contribution in [1.82, 2.24) is 29.7 Å². The van der Waals surface area contributed by atoms with Crippen LogP contribution in [-0.4, -0.2) is 30.9 Å². The third-order valence-corrected chi connectivity index (χ3v) is 2.60. The lowest BCUT2D eigenvalue weighted by molar-refractivity contribution is 0.644. The maximum Gasteiger partial charge on any atom is 0.133 e. The van der Waals surface area contributed by atoms with Gasteiger partial charge in [-0.25, -0.2) is 0 Å². The first-order valence-corrected chi connectivity index (χ1v) is 5.49. The van der Waals surface area contributed by atoms with E-state index in [-0.39, 0.29) is 0 Å². The zero-order valence-corrected chi connectivity index (χ0v) is 9.24. The van der Waals surface area contributed by atoms with Gasteiger partial charge in [-0.3, -0.25) is 0 Å². The number of hydrogen-bond donors (Lipinski definition) is 1. The van der Waals surface area contributed by atoms with Crippen molar-refractivity contribution >= 4 is 11.5 Å². The molecule has 0 atom stereocenters. The fourth-order valence-corrected chi connectivity index (χ4v) is 1.66. The highest BCUT2D eigenvalue weighted by atomic mass is 32.1. The topological polar surface area (TPSA) is 68.5 Å². The highest BCUT2D eigenvalue weighted by Crippen LogP contribution is 1.96. The molecule has 0 saturated carbocycles. The van der Waals surface area contributed by atoms with Crippen LogP contribution in [0.15, 0.2) is 11.7 Å². The number of aromatic nitrogens is 5. The lowest BCUT2D eigenvalue weighted by Gasteiger charge is -2.01. The van der Waals surface area contributed by atoms with Crippen LogP contribution in [0.25, 0.3) is 0 Å². The molecule has 0 amide bonds. The molecule has 0 aliphatic heterocycles. The Morgan fingerprint density at radius 1 is 1.47 bits per heavy atom. The minimum absolute atomic E-state index is 0.758. The second kappa shape index (κ2) is 4.94. The standard InChI is InChI=1S/C8H12N6S/c1-14-6-10-12-8(14)2-3-9-4-7-5-15-13-11-7/h5-6,9H,2-4H2,1H3. The first-order chi connectivity index (χ1) is 7.36. The van der Waals surface area contributed by atoms with E-state index in [2.05, 4.69) is 25.1 Å². The lowest BCUT2D eigenvalue weighted by atomic mass is 10.4. The van der Waals surface area contributed by atoms with Gasteiger partial charge < -0.3 is 9.88 Å². The molecule has 6 nitrogen and oxygen atoms in total. The number of hydrogen-bond acceptors (Lipinski definition) is 6. The van der Waals surface area contributed by atoms with Crippen LogP contribution in [0.5, 0.6) is 0 Å². The summed E-state index contributed by atoms with van der Waals surface area (Å²) in [6.45, 7) is 1.62. The molecular weight excluding hydrogens is 212 g/mol. The van der Waals surface area contributed by atoms with E-state index < -0.39 is 0 Å². The average Bonchev–Trinajstić information content (AvgIpc) is 2.85. The molecule has 2 rings (SSSR count). The van der Waals surface area contributed by atoms with E-state index >= 15 is 0 Å². The molecule has 0 unspecified atom stereocenters. The maximum absolute atomic E-state index is 4.00. The summed E-state index contributed by atoms with van der Waals surface area (Å²) in [4.78, 5) is 0. The Labute approximate surface area is 91.5 Å². The molecule has 0 fully saturated rings. The van der Waals surface area contributed by atoms with Crippen LogP contribution in [0.1, 0.15) is 11.5 Å². The molecule has 2 aromatic heterocycles. The first-order valence-electron chi connectivity index (χ1n) is 4.66. The van der Waals surface area contributed by atoms with Gasteiger partial charge in [-0.1, -0.05) is 4.49 Å². The van der Waals surface area contributed by atoms with Crippen molar-refractivity contribution in [3.05, 3.63) is 23.2 Å². The van der Waals surface area contributed by atoms with Crippen molar-refractivity contribution in [2.75, 3.05) is 6.54 Å². The molecule has 2 aromatic rings. The average molecular weight is 224 g/mol. The molecule has 80 valence electrons. The Hall–Kier alpha value is -1.34. The van der Waals surface area contributed by atoms with Crippen LogP contribution < -0.4 is 5.32 Å². The zero-order valence-electron chi connectivity index (χ0n) is 8.42. The Kier molecular flexibility index (Phi) is 3.36. The molecular formula is C8H12N6S. The Morgan fingerprint density at radius 3 is 3.07 bits per heavy atom. The Morgan fingerprint density at radius 2 is 2.40 bits per heavy atom. The summed E-state index contributed by atoms with van der Waals surface area (Å²) in [7, 11) is 1.94. The van der Waals surface area contributed by atoms with E-state index in [1.165, 1.54) is 11.5 Å². The van der Waals surface area contributed by atoms with E-state index in [1.807, 2.05) is 17.0 Å². The molecule has 7 heteroatoms. The van der Waals surface area contributed by atoms with Crippen LogP contribution in [0, 0.1) is 0 Å². The van der Waals surface area contributed by atoms with Gasteiger partial charge in [0.1, 0.15) is 12.2 Å². The molecule has 0 spiro atoms. The summed E-state index contributed by atoms with van der Waals surface area (Å²) >= 11 is 1.37.